The van der Waals surface area contributed by atoms with Gasteiger partial charge in [0, 0.05) is 6.92 Å². The number of esters is 1. The average Bonchev–Trinajstić information content (AvgIpc) is 2.60. The Kier molecular flexibility index (Phi) is 3.33. The molecule has 1 atom stereocenters. The minimum absolute atomic E-state index is 0.0781. The van der Waals surface area contributed by atoms with Crippen LogP contribution in [0.25, 0.3) is 11.2 Å². The number of carbonyl (C=O) groups is 1. The molecule has 2 aromatic rings. The van der Waals surface area contributed by atoms with E-state index < -0.39 is 0 Å². The lowest BCUT2D eigenvalue weighted by Crippen LogP contribution is -2.19. The van der Waals surface area contributed by atoms with Gasteiger partial charge in [-0.1, -0.05) is 11.6 Å². The van der Waals surface area contributed by atoms with E-state index in [0.29, 0.717) is 17.7 Å². The number of anilines is 1. The first kappa shape index (κ1) is 12.6. The Labute approximate surface area is 108 Å². The molecule has 18 heavy (non-hydrogen) atoms. The quantitative estimate of drug-likeness (QED) is 0.660. The molecule has 0 aliphatic carbocycles. The molecule has 0 spiro atoms. The Hall–Kier alpha value is -1.89. The predicted molar refractivity (Wildman–Crippen MR) is 66.0 cm³/mol. The lowest BCUT2D eigenvalue weighted by molar-refractivity contribution is -0.145. The van der Waals surface area contributed by atoms with Crippen LogP contribution in [-0.2, 0) is 16.1 Å². The van der Waals surface area contributed by atoms with Crippen molar-refractivity contribution in [2.75, 3.05) is 5.73 Å². The van der Waals surface area contributed by atoms with Crippen LogP contribution in [0.15, 0.2) is 6.33 Å². The van der Waals surface area contributed by atoms with Crippen molar-refractivity contribution in [3.8, 4) is 0 Å². The maximum absolute atomic E-state index is 10.8. The van der Waals surface area contributed by atoms with Gasteiger partial charge in [0.15, 0.2) is 10.8 Å². The Morgan fingerprint density at radius 2 is 2.33 bits per heavy atom. The molecule has 8 heteroatoms. The number of nitrogen functional groups attached to an aromatic ring is 1. The third-order valence-corrected chi connectivity index (χ3v) is 2.52. The fraction of sp³-hybridized carbons (Fsp3) is 0.400. The molecule has 0 bridgehead atoms. The average molecular weight is 270 g/mol. The van der Waals surface area contributed by atoms with Crippen LogP contribution in [0.3, 0.4) is 0 Å². The molecule has 1 unspecified atom stereocenters. The highest BCUT2D eigenvalue weighted by Crippen LogP contribution is 2.19. The number of aromatic nitrogens is 4. The third-order valence-electron chi connectivity index (χ3n) is 2.26. The number of carbonyl (C=O) groups excluding carboxylic acids is 1. The van der Waals surface area contributed by atoms with Crippen molar-refractivity contribution >= 4 is 34.7 Å². The van der Waals surface area contributed by atoms with E-state index in [2.05, 4.69) is 15.0 Å². The van der Waals surface area contributed by atoms with Crippen LogP contribution in [-0.4, -0.2) is 31.6 Å². The molecule has 2 rings (SSSR count). The molecule has 0 fully saturated rings. The number of hydrogen-bond acceptors (Lipinski definition) is 6. The summed E-state index contributed by atoms with van der Waals surface area (Å²) in [7, 11) is 0. The van der Waals surface area contributed by atoms with Gasteiger partial charge in [-0.05, 0) is 6.92 Å². The maximum Gasteiger partial charge on any atom is 0.302 e. The molecule has 0 aliphatic rings. The Morgan fingerprint density at radius 1 is 1.61 bits per heavy atom. The van der Waals surface area contributed by atoms with Crippen LogP contribution in [0, 0.1) is 0 Å². The molecular weight excluding hydrogens is 258 g/mol. The molecule has 0 amide bonds. The second kappa shape index (κ2) is 4.77. The molecule has 7 nitrogen and oxygen atoms in total. The molecule has 0 saturated heterocycles. The highest BCUT2D eigenvalue weighted by Gasteiger charge is 2.13. The van der Waals surface area contributed by atoms with Crippen LogP contribution in [0.1, 0.15) is 13.8 Å². The van der Waals surface area contributed by atoms with Crippen LogP contribution < -0.4 is 5.73 Å². The summed E-state index contributed by atoms with van der Waals surface area (Å²) in [5, 5.41) is 0.205. The summed E-state index contributed by atoms with van der Waals surface area (Å²) in [6, 6.07) is 0. The van der Waals surface area contributed by atoms with Gasteiger partial charge in [-0.15, -0.1) is 0 Å². The third kappa shape index (κ3) is 2.51. The largest absolute Gasteiger partial charge is 0.461 e. The molecular formula is C10H12ClN5O2. The van der Waals surface area contributed by atoms with E-state index in [9.17, 15) is 4.79 Å². The number of halogens is 1. The first-order valence-corrected chi connectivity index (χ1v) is 5.66. The van der Waals surface area contributed by atoms with Crippen molar-refractivity contribution in [2.45, 2.75) is 26.5 Å². The van der Waals surface area contributed by atoms with E-state index in [1.165, 1.54) is 6.92 Å². The van der Waals surface area contributed by atoms with Crippen LogP contribution in [0.5, 0.6) is 0 Å². The van der Waals surface area contributed by atoms with Crippen LogP contribution >= 0.6 is 11.6 Å². The van der Waals surface area contributed by atoms with Gasteiger partial charge in [0.25, 0.3) is 0 Å². The van der Waals surface area contributed by atoms with E-state index in [-0.39, 0.29) is 23.2 Å². The van der Waals surface area contributed by atoms with Gasteiger partial charge in [0.2, 0.25) is 5.95 Å². The number of rotatable bonds is 3. The fourth-order valence-electron chi connectivity index (χ4n) is 1.66. The molecule has 0 radical (unpaired) electrons. The van der Waals surface area contributed by atoms with E-state index in [1.54, 1.807) is 17.8 Å². The van der Waals surface area contributed by atoms with Gasteiger partial charge in [0.05, 0.1) is 12.9 Å². The summed E-state index contributed by atoms with van der Waals surface area (Å²) in [4.78, 5) is 22.8. The standard InChI is InChI=1S/C10H12ClN5O2/c1-5(18-6(2)17)3-16-4-13-7-8(11)14-10(12)15-9(7)16/h4-5H,3H2,1-2H3,(H2,12,14,15). The summed E-state index contributed by atoms with van der Waals surface area (Å²) in [6.45, 7) is 3.56. The number of nitrogens with two attached hydrogens (primary N) is 1. The minimum Gasteiger partial charge on any atom is -0.461 e. The molecule has 0 aromatic carbocycles. The lowest BCUT2D eigenvalue weighted by atomic mass is 10.4. The predicted octanol–water partition coefficient (Wildman–Crippen LogP) is 1.01. The second-order valence-corrected chi connectivity index (χ2v) is 4.22. The number of nitrogens with zero attached hydrogens (tertiary/aromatic N) is 4. The first-order valence-electron chi connectivity index (χ1n) is 5.28. The zero-order chi connectivity index (χ0) is 13.3. The molecule has 2 heterocycles. The lowest BCUT2D eigenvalue weighted by Gasteiger charge is -2.12. The Balaban J connectivity index is 2.32. The highest BCUT2D eigenvalue weighted by molar-refractivity contribution is 6.33. The molecule has 0 aliphatic heterocycles. The fourth-order valence-corrected chi connectivity index (χ4v) is 1.88. The van der Waals surface area contributed by atoms with Crippen molar-refractivity contribution in [2.24, 2.45) is 0 Å². The molecule has 2 N–H and O–H groups in total. The van der Waals surface area contributed by atoms with Gasteiger partial charge in [-0.25, -0.2) is 4.98 Å². The maximum atomic E-state index is 10.8. The van der Waals surface area contributed by atoms with Gasteiger partial charge < -0.3 is 15.0 Å². The topological polar surface area (TPSA) is 95.9 Å². The Bertz CT molecular complexity index is 597. The van der Waals surface area contributed by atoms with Crippen molar-refractivity contribution in [1.82, 2.24) is 19.5 Å². The van der Waals surface area contributed by atoms with Gasteiger partial charge >= 0.3 is 5.97 Å². The number of hydrogen-bond donors (Lipinski definition) is 1. The number of fused-ring (bicyclic) bond motifs is 1. The van der Waals surface area contributed by atoms with E-state index in [4.69, 9.17) is 22.1 Å². The number of ether oxygens (including phenoxy) is 1. The van der Waals surface area contributed by atoms with Crippen LogP contribution in [0.2, 0.25) is 5.15 Å². The summed E-state index contributed by atoms with van der Waals surface area (Å²) in [6.07, 6.45) is 1.26. The second-order valence-electron chi connectivity index (χ2n) is 3.86. The summed E-state index contributed by atoms with van der Waals surface area (Å²) in [5.41, 5.74) is 6.52. The van der Waals surface area contributed by atoms with Crippen molar-refractivity contribution in [1.29, 1.82) is 0 Å². The van der Waals surface area contributed by atoms with E-state index >= 15 is 0 Å². The SMILES string of the molecule is CC(=O)OC(C)Cn1cnc2c(Cl)nc(N)nc21. The molecule has 0 saturated carbocycles. The van der Waals surface area contributed by atoms with Crippen molar-refractivity contribution in [3.63, 3.8) is 0 Å². The summed E-state index contributed by atoms with van der Waals surface area (Å²) >= 11 is 5.90. The van der Waals surface area contributed by atoms with Gasteiger partial charge in [-0.3, -0.25) is 4.79 Å². The van der Waals surface area contributed by atoms with Gasteiger partial charge in [0.1, 0.15) is 11.6 Å². The van der Waals surface area contributed by atoms with Crippen molar-refractivity contribution in [3.05, 3.63) is 11.5 Å². The highest BCUT2D eigenvalue weighted by atomic mass is 35.5. The van der Waals surface area contributed by atoms with E-state index in [0.717, 1.165) is 0 Å². The zero-order valence-corrected chi connectivity index (χ0v) is 10.7. The minimum atomic E-state index is -0.334. The Morgan fingerprint density at radius 3 is 3.00 bits per heavy atom. The van der Waals surface area contributed by atoms with E-state index in [1.807, 2.05) is 0 Å². The monoisotopic (exact) mass is 269 g/mol. The van der Waals surface area contributed by atoms with Crippen molar-refractivity contribution < 1.29 is 9.53 Å². The first-order chi connectivity index (χ1) is 8.47. The van der Waals surface area contributed by atoms with Gasteiger partial charge in [-0.2, -0.15) is 9.97 Å². The smallest absolute Gasteiger partial charge is 0.302 e. The normalized spacial score (nSPS) is 12.6. The van der Waals surface area contributed by atoms with Crippen LogP contribution in [0.4, 0.5) is 5.95 Å². The molecule has 2 aromatic heterocycles. The summed E-state index contributed by atoms with van der Waals surface area (Å²) < 4.78 is 6.75. The zero-order valence-electron chi connectivity index (χ0n) is 9.92. The summed E-state index contributed by atoms with van der Waals surface area (Å²) in [5.74, 6) is -0.256. The number of imidazole rings is 1. The molecule has 96 valence electrons.